The summed E-state index contributed by atoms with van der Waals surface area (Å²) in [6, 6.07) is -0.140. The van der Waals surface area contributed by atoms with Gasteiger partial charge in [0.15, 0.2) is 5.96 Å². The van der Waals surface area contributed by atoms with Crippen molar-refractivity contribution < 1.29 is 21.6 Å². The summed E-state index contributed by atoms with van der Waals surface area (Å²) >= 11 is 0. The van der Waals surface area contributed by atoms with Gasteiger partial charge in [-0.25, -0.2) is 13.1 Å². The molecule has 0 spiro atoms. The number of rotatable bonds is 9. The van der Waals surface area contributed by atoms with Gasteiger partial charge >= 0.3 is 6.18 Å². The van der Waals surface area contributed by atoms with Crippen LogP contribution in [0.5, 0.6) is 0 Å². The third kappa shape index (κ3) is 9.92. The number of alkyl halides is 3. The van der Waals surface area contributed by atoms with E-state index in [4.69, 9.17) is 0 Å². The van der Waals surface area contributed by atoms with Crippen molar-refractivity contribution >= 4 is 40.0 Å². The Balaban J connectivity index is 0.00000392. The van der Waals surface area contributed by atoms with Crippen molar-refractivity contribution in [1.82, 2.24) is 20.3 Å². The number of sulfonamides is 1. The van der Waals surface area contributed by atoms with Gasteiger partial charge in [-0.1, -0.05) is 6.42 Å². The first-order chi connectivity index (χ1) is 12.7. The van der Waals surface area contributed by atoms with Gasteiger partial charge in [0, 0.05) is 32.2 Å². The topological polar surface area (TPSA) is 85.8 Å². The van der Waals surface area contributed by atoms with E-state index in [2.05, 4.69) is 20.3 Å². The zero-order valence-corrected chi connectivity index (χ0v) is 19.2. The molecule has 0 aromatic heterocycles. The van der Waals surface area contributed by atoms with E-state index < -0.39 is 22.7 Å². The maximum Gasteiger partial charge on any atom is 0.401 e. The summed E-state index contributed by atoms with van der Waals surface area (Å²) < 4.78 is 64.0. The second-order valence-corrected chi connectivity index (χ2v) is 9.13. The molecule has 0 amide bonds. The lowest BCUT2D eigenvalue weighted by Crippen LogP contribution is -2.45. The normalized spacial score (nSPS) is 21.9. The van der Waals surface area contributed by atoms with E-state index in [1.165, 1.54) is 4.90 Å². The maximum atomic E-state index is 12.5. The smallest absolute Gasteiger partial charge is 0.357 e. The highest BCUT2D eigenvalue weighted by atomic mass is 127. The van der Waals surface area contributed by atoms with Crippen molar-refractivity contribution in [3.63, 3.8) is 0 Å². The third-order valence-electron chi connectivity index (χ3n) is 4.81. The molecule has 0 radical (unpaired) electrons. The van der Waals surface area contributed by atoms with Crippen LogP contribution in [0.1, 0.15) is 32.6 Å². The quantitative estimate of drug-likeness (QED) is 0.234. The Bertz CT molecular complexity index is 600. The lowest BCUT2D eigenvalue weighted by molar-refractivity contribution is -0.143. The van der Waals surface area contributed by atoms with Crippen LogP contribution < -0.4 is 15.4 Å². The summed E-state index contributed by atoms with van der Waals surface area (Å²) in [6.45, 7) is 2.77. The molecule has 0 aromatic carbocycles. The second kappa shape index (κ2) is 11.7. The van der Waals surface area contributed by atoms with Crippen LogP contribution in [0.25, 0.3) is 0 Å². The van der Waals surface area contributed by atoms with Crippen LogP contribution in [-0.4, -0.2) is 76.5 Å². The summed E-state index contributed by atoms with van der Waals surface area (Å²) in [6.07, 6.45) is -0.310. The Labute approximate surface area is 182 Å². The van der Waals surface area contributed by atoms with Gasteiger partial charge in [-0.2, -0.15) is 13.2 Å². The third-order valence-corrected chi connectivity index (χ3v) is 6.13. The largest absolute Gasteiger partial charge is 0.401 e. The van der Waals surface area contributed by atoms with Crippen molar-refractivity contribution in [3.05, 3.63) is 0 Å². The van der Waals surface area contributed by atoms with Gasteiger partial charge in [-0.3, -0.25) is 9.89 Å². The van der Waals surface area contributed by atoms with E-state index in [0.717, 1.165) is 19.3 Å². The van der Waals surface area contributed by atoms with Gasteiger partial charge in [-0.05, 0) is 32.1 Å². The van der Waals surface area contributed by atoms with Crippen LogP contribution in [0.15, 0.2) is 4.99 Å². The highest BCUT2D eigenvalue weighted by Crippen LogP contribution is 2.25. The van der Waals surface area contributed by atoms with E-state index >= 15 is 0 Å². The molecule has 1 aliphatic carbocycles. The molecule has 3 N–H and O–H groups in total. The zero-order valence-electron chi connectivity index (χ0n) is 16.1. The molecule has 12 heteroatoms. The first-order valence-electron chi connectivity index (χ1n) is 9.48. The van der Waals surface area contributed by atoms with Crippen molar-refractivity contribution in [2.75, 3.05) is 45.0 Å². The molecular weight excluding hydrogens is 510 g/mol. The van der Waals surface area contributed by atoms with Gasteiger partial charge in [0.1, 0.15) is 0 Å². The molecule has 1 atom stereocenters. The predicted molar refractivity (Wildman–Crippen MR) is 115 cm³/mol. The first-order valence-corrected chi connectivity index (χ1v) is 11.1. The molecule has 2 fully saturated rings. The fraction of sp³-hybridized carbons (Fsp3) is 0.938. The molecule has 1 saturated carbocycles. The molecule has 166 valence electrons. The lowest BCUT2D eigenvalue weighted by atomic mass is 9.86. The summed E-state index contributed by atoms with van der Waals surface area (Å²) in [5, 5.41) is 6.11. The van der Waals surface area contributed by atoms with Crippen LogP contribution in [0.4, 0.5) is 13.2 Å². The number of hydrogen-bond donors (Lipinski definition) is 3. The predicted octanol–water partition coefficient (Wildman–Crippen LogP) is 1.52. The maximum absolute atomic E-state index is 12.5. The minimum atomic E-state index is -4.20. The van der Waals surface area contributed by atoms with E-state index in [-0.39, 0.29) is 48.9 Å². The van der Waals surface area contributed by atoms with Gasteiger partial charge in [0.25, 0.3) is 0 Å². The van der Waals surface area contributed by atoms with Gasteiger partial charge in [0.2, 0.25) is 10.0 Å². The Morgan fingerprint density at radius 2 is 1.96 bits per heavy atom. The van der Waals surface area contributed by atoms with E-state index in [9.17, 15) is 21.6 Å². The van der Waals surface area contributed by atoms with Crippen LogP contribution in [0.2, 0.25) is 0 Å². The lowest BCUT2D eigenvalue weighted by Gasteiger charge is -2.25. The van der Waals surface area contributed by atoms with Crippen molar-refractivity contribution in [3.8, 4) is 0 Å². The second-order valence-electron chi connectivity index (χ2n) is 7.21. The van der Waals surface area contributed by atoms with Crippen LogP contribution >= 0.6 is 24.0 Å². The average molecular weight is 541 g/mol. The Kier molecular flexibility index (Phi) is 10.8. The van der Waals surface area contributed by atoms with E-state index in [1.807, 2.05) is 6.92 Å². The molecule has 1 saturated heterocycles. The van der Waals surface area contributed by atoms with Gasteiger partial charge < -0.3 is 10.6 Å². The minimum Gasteiger partial charge on any atom is -0.357 e. The molecule has 1 aliphatic heterocycles. The summed E-state index contributed by atoms with van der Waals surface area (Å²) in [5.41, 5.74) is 0. The summed E-state index contributed by atoms with van der Waals surface area (Å²) in [4.78, 5) is 5.61. The number of guanidine groups is 1. The van der Waals surface area contributed by atoms with Crippen molar-refractivity contribution in [1.29, 1.82) is 0 Å². The summed E-state index contributed by atoms with van der Waals surface area (Å²) in [7, 11) is -3.37. The fourth-order valence-corrected chi connectivity index (χ4v) is 4.12. The monoisotopic (exact) mass is 541 g/mol. The molecule has 2 aliphatic rings. The highest BCUT2D eigenvalue weighted by molar-refractivity contribution is 14.0. The fourth-order valence-electron chi connectivity index (χ4n) is 3.15. The Hall–Kier alpha value is -0.340. The molecule has 1 heterocycles. The zero-order chi connectivity index (χ0) is 19.9. The Morgan fingerprint density at radius 3 is 2.54 bits per heavy atom. The average Bonchev–Trinajstić information content (AvgIpc) is 2.90. The SMILES string of the molecule is CCNC(=NCCS(=O)(=O)NCC1CCC1)NC1CCN(CC(F)(F)F)C1.I. The minimum absolute atomic E-state index is 0. The van der Waals surface area contributed by atoms with E-state index in [0.29, 0.717) is 37.9 Å². The van der Waals surface area contributed by atoms with Crippen LogP contribution in [0, 0.1) is 5.92 Å². The molecule has 1 unspecified atom stereocenters. The first kappa shape index (κ1) is 25.7. The summed E-state index contributed by atoms with van der Waals surface area (Å²) in [5.74, 6) is 0.774. The number of nitrogens with zero attached hydrogens (tertiary/aromatic N) is 2. The Morgan fingerprint density at radius 1 is 1.25 bits per heavy atom. The standard InChI is InChI=1S/C16H30F3N5O2S.HI/c1-2-20-15(23-14-6-8-24(11-14)12-16(17,18)19)21-7-9-27(25,26)22-10-13-4-3-5-13;/h13-14,22H,2-12H2,1H3,(H2,20,21,23);1H. The van der Waals surface area contributed by atoms with Crippen LogP contribution in [0.3, 0.4) is 0 Å². The number of likely N-dealkylation sites (tertiary alicyclic amines) is 1. The van der Waals surface area contributed by atoms with Crippen molar-refractivity contribution in [2.24, 2.45) is 10.9 Å². The van der Waals surface area contributed by atoms with Crippen LogP contribution in [-0.2, 0) is 10.0 Å². The number of nitrogens with one attached hydrogen (secondary N) is 3. The number of halogens is 4. The van der Waals surface area contributed by atoms with Crippen molar-refractivity contribution in [2.45, 2.75) is 44.8 Å². The number of aliphatic imine (C=N–C) groups is 1. The number of hydrogen-bond acceptors (Lipinski definition) is 4. The molecule has 0 aromatic rings. The molecule has 7 nitrogen and oxygen atoms in total. The highest BCUT2D eigenvalue weighted by Gasteiger charge is 2.34. The molecule has 0 bridgehead atoms. The molecule has 2 rings (SSSR count). The van der Waals surface area contributed by atoms with Gasteiger partial charge in [-0.15, -0.1) is 24.0 Å². The van der Waals surface area contributed by atoms with E-state index in [1.54, 1.807) is 0 Å². The molecular formula is C16H31F3IN5O2S. The van der Waals surface area contributed by atoms with Gasteiger partial charge in [0.05, 0.1) is 18.8 Å². The molecule has 28 heavy (non-hydrogen) atoms.